The van der Waals surface area contributed by atoms with E-state index >= 15 is 4.39 Å². The number of hydrogen-bond donors (Lipinski definition) is 2. The van der Waals surface area contributed by atoms with Crippen molar-refractivity contribution in [2.24, 2.45) is 13.0 Å². The quantitative estimate of drug-likeness (QED) is 0.222. The first-order valence-electron chi connectivity index (χ1n) is 15.5. The maximum atomic E-state index is 15.8. The lowest BCUT2D eigenvalue weighted by Gasteiger charge is -2.27. The summed E-state index contributed by atoms with van der Waals surface area (Å²) in [5, 5.41) is 12.1. The second-order valence-corrected chi connectivity index (χ2v) is 12.9. The first-order valence-corrected chi connectivity index (χ1v) is 15.5. The number of halogens is 7. The molecular weight excluding hydrogens is 677 g/mol. The van der Waals surface area contributed by atoms with E-state index in [1.165, 1.54) is 20.9 Å². The van der Waals surface area contributed by atoms with Crippen molar-refractivity contribution >= 4 is 11.9 Å². The SMILES string of the molecule is Cc1cc(-c2c(C(F)(F)F)cc(C)n(C)c2=O)cc(C(CC(=O)O)NC(=O)C(CC(C)C)n2cc(CCN(C)C)c(C(F)(F)F)cc2=O)c1F. The maximum absolute atomic E-state index is 15.8. The zero-order valence-electron chi connectivity index (χ0n) is 28.5. The van der Waals surface area contributed by atoms with Gasteiger partial charge in [-0.3, -0.25) is 19.2 Å². The number of rotatable bonds is 12. The van der Waals surface area contributed by atoms with E-state index in [1.807, 2.05) is 0 Å². The Morgan fingerprint density at radius 2 is 1.56 bits per heavy atom. The molecule has 0 aliphatic rings. The lowest BCUT2D eigenvalue weighted by Crippen LogP contribution is -2.41. The van der Waals surface area contributed by atoms with E-state index in [-0.39, 0.29) is 47.7 Å². The number of alkyl halides is 6. The van der Waals surface area contributed by atoms with Gasteiger partial charge in [0.2, 0.25) is 5.91 Å². The highest BCUT2D eigenvalue weighted by atomic mass is 19.4. The molecule has 0 saturated carbocycles. The van der Waals surface area contributed by atoms with Gasteiger partial charge in [-0.25, -0.2) is 4.39 Å². The van der Waals surface area contributed by atoms with Gasteiger partial charge in [-0.2, -0.15) is 26.3 Å². The molecule has 1 amide bonds. The third-order valence-electron chi connectivity index (χ3n) is 8.25. The molecule has 2 atom stereocenters. The van der Waals surface area contributed by atoms with Crippen LogP contribution in [0.15, 0.2) is 40.1 Å². The lowest BCUT2D eigenvalue weighted by atomic mass is 9.92. The number of aryl methyl sites for hydroxylation is 2. The number of carboxylic acid groups (broad SMARTS) is 1. The molecule has 0 fully saturated rings. The van der Waals surface area contributed by atoms with E-state index in [1.54, 1.807) is 32.8 Å². The highest BCUT2D eigenvalue weighted by molar-refractivity contribution is 5.82. The Bertz CT molecular complexity index is 1880. The molecule has 2 heterocycles. The zero-order valence-corrected chi connectivity index (χ0v) is 28.5. The minimum atomic E-state index is -5.00. The van der Waals surface area contributed by atoms with Crippen molar-refractivity contribution in [3.05, 3.63) is 90.5 Å². The fraction of sp³-hybridized carbons (Fsp3) is 0.471. The summed E-state index contributed by atoms with van der Waals surface area (Å²) in [6.45, 7) is 5.99. The first kappa shape index (κ1) is 40.0. The number of benzene rings is 1. The molecule has 3 rings (SSSR count). The van der Waals surface area contributed by atoms with Crippen molar-refractivity contribution in [1.82, 2.24) is 19.4 Å². The molecule has 0 radical (unpaired) electrons. The summed E-state index contributed by atoms with van der Waals surface area (Å²) >= 11 is 0. The van der Waals surface area contributed by atoms with Crippen LogP contribution in [0.4, 0.5) is 30.7 Å². The number of nitrogens with zero attached hydrogens (tertiary/aromatic N) is 3. The number of pyridine rings is 2. The Kier molecular flexibility index (Phi) is 12.1. The van der Waals surface area contributed by atoms with Gasteiger partial charge in [0, 0.05) is 37.1 Å². The van der Waals surface area contributed by atoms with Gasteiger partial charge in [0.1, 0.15) is 11.9 Å². The smallest absolute Gasteiger partial charge is 0.417 e. The number of hydrogen-bond acceptors (Lipinski definition) is 5. The number of amides is 1. The molecule has 0 bridgehead atoms. The second kappa shape index (κ2) is 15.2. The molecule has 0 aliphatic carbocycles. The molecule has 2 unspecified atom stereocenters. The number of likely N-dealkylation sites (N-methyl/N-ethyl adjacent to an activating group) is 1. The summed E-state index contributed by atoms with van der Waals surface area (Å²) in [5.41, 5.74) is -7.03. The largest absolute Gasteiger partial charge is 0.481 e. The number of aromatic nitrogens is 2. The van der Waals surface area contributed by atoms with Crippen LogP contribution in [0.2, 0.25) is 0 Å². The van der Waals surface area contributed by atoms with E-state index in [0.29, 0.717) is 6.07 Å². The summed E-state index contributed by atoms with van der Waals surface area (Å²) < 4.78 is 102. The molecule has 274 valence electrons. The van der Waals surface area contributed by atoms with Gasteiger partial charge in [0.25, 0.3) is 11.1 Å². The third kappa shape index (κ3) is 9.20. The van der Waals surface area contributed by atoms with E-state index in [2.05, 4.69) is 5.32 Å². The van der Waals surface area contributed by atoms with Crippen LogP contribution < -0.4 is 16.4 Å². The second-order valence-electron chi connectivity index (χ2n) is 12.9. The molecule has 3 aromatic rings. The zero-order chi connectivity index (χ0) is 38.0. The Hall–Kier alpha value is -4.47. The number of carbonyl (C=O) groups is 2. The monoisotopic (exact) mass is 716 g/mol. The fourth-order valence-corrected chi connectivity index (χ4v) is 5.64. The summed E-state index contributed by atoms with van der Waals surface area (Å²) in [7, 11) is 4.52. The van der Waals surface area contributed by atoms with E-state index < -0.39 is 81.9 Å². The average Bonchev–Trinajstić information content (AvgIpc) is 2.97. The molecule has 50 heavy (non-hydrogen) atoms. The van der Waals surface area contributed by atoms with Gasteiger partial charge >= 0.3 is 18.3 Å². The number of carbonyl (C=O) groups excluding carboxylic acids is 1. The Labute approximate surface area is 283 Å². The Balaban J connectivity index is 2.23. The Morgan fingerprint density at radius 1 is 0.960 bits per heavy atom. The fourth-order valence-electron chi connectivity index (χ4n) is 5.64. The summed E-state index contributed by atoms with van der Waals surface area (Å²) in [4.78, 5) is 53.8. The van der Waals surface area contributed by atoms with Gasteiger partial charge < -0.3 is 24.5 Å². The predicted octanol–water partition coefficient (Wildman–Crippen LogP) is 6.03. The molecular formula is C34H39F7N4O5. The minimum absolute atomic E-state index is 0.0132. The van der Waals surface area contributed by atoms with Crippen LogP contribution in [0.3, 0.4) is 0 Å². The first-order chi connectivity index (χ1) is 22.9. The van der Waals surface area contributed by atoms with Gasteiger partial charge in [-0.1, -0.05) is 13.8 Å². The van der Waals surface area contributed by atoms with Crippen molar-refractivity contribution in [1.29, 1.82) is 0 Å². The van der Waals surface area contributed by atoms with E-state index in [9.17, 15) is 50.6 Å². The van der Waals surface area contributed by atoms with Crippen LogP contribution in [0.1, 0.15) is 72.3 Å². The van der Waals surface area contributed by atoms with Crippen molar-refractivity contribution in [2.45, 2.75) is 71.4 Å². The number of carboxylic acids is 1. The van der Waals surface area contributed by atoms with Gasteiger partial charge in [0.15, 0.2) is 0 Å². The van der Waals surface area contributed by atoms with Crippen molar-refractivity contribution in [3.63, 3.8) is 0 Å². The highest BCUT2D eigenvalue weighted by Gasteiger charge is 2.38. The van der Waals surface area contributed by atoms with Crippen LogP contribution in [0.5, 0.6) is 0 Å². The minimum Gasteiger partial charge on any atom is -0.481 e. The van der Waals surface area contributed by atoms with Gasteiger partial charge in [0.05, 0.1) is 29.2 Å². The van der Waals surface area contributed by atoms with Gasteiger partial charge in [-0.05, 0) is 81.6 Å². The molecule has 0 aliphatic heterocycles. The van der Waals surface area contributed by atoms with E-state index in [4.69, 9.17) is 0 Å². The molecule has 9 nitrogen and oxygen atoms in total. The molecule has 2 aromatic heterocycles. The third-order valence-corrected chi connectivity index (χ3v) is 8.25. The summed E-state index contributed by atoms with van der Waals surface area (Å²) in [5.74, 6) is -3.99. The molecule has 0 saturated heterocycles. The number of nitrogens with one attached hydrogen (secondary N) is 1. The van der Waals surface area contributed by atoms with Crippen molar-refractivity contribution in [3.8, 4) is 11.1 Å². The van der Waals surface area contributed by atoms with Crippen molar-refractivity contribution < 1.29 is 45.4 Å². The average molecular weight is 717 g/mol. The van der Waals surface area contributed by atoms with E-state index in [0.717, 1.165) is 33.5 Å². The van der Waals surface area contributed by atoms with Crippen LogP contribution in [0, 0.1) is 25.6 Å². The summed E-state index contributed by atoms with van der Waals surface area (Å²) in [6.07, 6.45) is -10.2. The molecule has 16 heteroatoms. The Morgan fingerprint density at radius 3 is 2.08 bits per heavy atom. The standard InChI is InChI=1S/C34H39F7N4O5/c1-17(2)10-26(45-16-20(8-9-43(5)6)23(14-27(45)46)33(36,37)38)31(49)42-25(15-28(47)48)22-13-21(11-18(3)30(22)35)29-24(34(39,40)41)12-19(4)44(7)32(29)50/h11-14,16-17,25-26H,8-10,15H2,1-7H3,(H,42,49)(H,47,48). The normalized spacial score (nSPS) is 13.5. The van der Waals surface area contributed by atoms with Gasteiger partial charge in [-0.15, -0.1) is 0 Å². The lowest BCUT2D eigenvalue weighted by molar-refractivity contribution is -0.139. The van der Waals surface area contributed by atoms with Crippen molar-refractivity contribution in [2.75, 3.05) is 20.6 Å². The van der Waals surface area contributed by atoms with Crippen LogP contribution in [-0.4, -0.2) is 51.7 Å². The molecule has 0 spiro atoms. The molecule has 2 N–H and O–H groups in total. The van der Waals surface area contributed by atoms with Crippen LogP contribution in [-0.2, 0) is 35.4 Å². The van der Waals surface area contributed by atoms with Crippen LogP contribution in [0.25, 0.3) is 11.1 Å². The number of aliphatic carboxylic acids is 1. The predicted molar refractivity (Wildman–Crippen MR) is 171 cm³/mol. The maximum Gasteiger partial charge on any atom is 0.417 e. The van der Waals surface area contributed by atoms with Crippen LogP contribution >= 0.6 is 0 Å². The highest BCUT2D eigenvalue weighted by Crippen LogP contribution is 2.38. The summed E-state index contributed by atoms with van der Waals surface area (Å²) in [6, 6.07) is -0.246. The molecule has 1 aromatic carbocycles. The topological polar surface area (TPSA) is 114 Å².